The molecule has 1 N–H and O–H groups in total. The summed E-state index contributed by atoms with van der Waals surface area (Å²) in [6.45, 7) is 1.66. The highest BCUT2D eigenvalue weighted by atomic mass is 16.5. The van der Waals surface area contributed by atoms with Crippen molar-refractivity contribution in [2.75, 3.05) is 48.1 Å². The van der Waals surface area contributed by atoms with Crippen LogP contribution in [0.1, 0.15) is 22.7 Å². The number of nitrogens with one attached hydrogen (secondary N) is 1. The summed E-state index contributed by atoms with van der Waals surface area (Å²) in [7, 11) is 6.47. The summed E-state index contributed by atoms with van der Waals surface area (Å²) in [6, 6.07) is 23.9. The molecule has 0 aliphatic carbocycles. The molecule has 0 radical (unpaired) electrons. The molecule has 1 amide bonds. The number of carbonyl (C=O) groups excluding carboxylic acids is 1. The molecule has 0 bridgehead atoms. The topological polar surface area (TPSA) is 78.5 Å². The Hall–Kier alpha value is -4.43. The number of amides is 1. The third-order valence-electron chi connectivity index (χ3n) is 7.53. The predicted octanol–water partition coefficient (Wildman–Crippen LogP) is 5.17. The number of rotatable bonds is 10. The molecule has 1 atom stereocenters. The highest BCUT2D eigenvalue weighted by Crippen LogP contribution is 2.42. The molecule has 0 saturated carbocycles. The van der Waals surface area contributed by atoms with E-state index in [0.717, 1.165) is 27.5 Å². The first-order valence-electron chi connectivity index (χ1n) is 13.6. The van der Waals surface area contributed by atoms with Gasteiger partial charge in [0.25, 0.3) is 0 Å². The lowest BCUT2D eigenvalue weighted by atomic mass is 9.95. The van der Waals surface area contributed by atoms with Gasteiger partial charge in [-0.1, -0.05) is 48.5 Å². The van der Waals surface area contributed by atoms with Crippen LogP contribution < -0.4 is 29.0 Å². The highest BCUT2D eigenvalue weighted by molar-refractivity contribution is 5.86. The predicted molar refractivity (Wildman–Crippen MR) is 158 cm³/mol. The van der Waals surface area contributed by atoms with Gasteiger partial charge in [0, 0.05) is 30.8 Å². The molecule has 1 heterocycles. The second-order valence-corrected chi connectivity index (χ2v) is 9.89. The number of nitrogens with zero attached hydrogens (tertiary/aromatic N) is 1. The fourth-order valence-electron chi connectivity index (χ4n) is 5.43. The number of hydrogen-bond acceptors (Lipinski definition) is 7. The smallest absolute Gasteiger partial charge is 0.234 e. The van der Waals surface area contributed by atoms with E-state index in [-0.39, 0.29) is 18.5 Å². The maximum Gasteiger partial charge on any atom is 0.234 e. The summed E-state index contributed by atoms with van der Waals surface area (Å²) in [4.78, 5) is 15.5. The molecule has 0 spiro atoms. The minimum absolute atomic E-state index is 0.0563. The zero-order chi connectivity index (χ0) is 28.8. The van der Waals surface area contributed by atoms with Gasteiger partial charge in [0.1, 0.15) is 12.4 Å². The first kappa shape index (κ1) is 28.1. The Labute approximate surface area is 240 Å². The van der Waals surface area contributed by atoms with Crippen molar-refractivity contribution in [3.8, 4) is 28.7 Å². The molecule has 4 aromatic rings. The van der Waals surface area contributed by atoms with Gasteiger partial charge in [0.2, 0.25) is 5.91 Å². The molecular weight excluding hydrogens is 520 g/mol. The summed E-state index contributed by atoms with van der Waals surface area (Å²) < 4.78 is 28.3. The van der Waals surface area contributed by atoms with E-state index in [1.807, 2.05) is 48.5 Å². The molecule has 1 unspecified atom stereocenters. The summed E-state index contributed by atoms with van der Waals surface area (Å²) in [5.74, 6) is 3.18. The van der Waals surface area contributed by atoms with Crippen molar-refractivity contribution in [2.45, 2.75) is 19.0 Å². The number of fused-ring (bicyclic) bond motifs is 2. The lowest BCUT2D eigenvalue weighted by Gasteiger charge is -2.30. The quantitative estimate of drug-likeness (QED) is 0.289. The summed E-state index contributed by atoms with van der Waals surface area (Å²) in [5.41, 5.74) is 3.05. The van der Waals surface area contributed by atoms with E-state index in [2.05, 4.69) is 34.5 Å². The van der Waals surface area contributed by atoms with Crippen LogP contribution in [0.5, 0.6) is 28.7 Å². The van der Waals surface area contributed by atoms with Gasteiger partial charge in [-0.05, 0) is 46.5 Å². The molecule has 0 fully saturated rings. The maximum absolute atomic E-state index is 13.4. The molecular formula is C33H36N2O6. The first-order chi connectivity index (χ1) is 20.0. The Bertz CT molecular complexity index is 1520. The molecule has 8 nitrogen and oxygen atoms in total. The van der Waals surface area contributed by atoms with Crippen LogP contribution in [0.25, 0.3) is 10.8 Å². The summed E-state index contributed by atoms with van der Waals surface area (Å²) in [6.07, 6.45) is 0.614. The number of methoxy groups -OCH3 is 4. The fraction of sp³-hybridized carbons (Fsp3) is 0.303. The zero-order valence-electron chi connectivity index (χ0n) is 23.9. The first-order valence-corrected chi connectivity index (χ1v) is 13.6. The minimum Gasteiger partial charge on any atom is -0.493 e. The second-order valence-electron chi connectivity index (χ2n) is 9.89. The van der Waals surface area contributed by atoms with Crippen molar-refractivity contribution in [1.29, 1.82) is 0 Å². The van der Waals surface area contributed by atoms with E-state index in [4.69, 9.17) is 23.7 Å². The molecule has 41 heavy (non-hydrogen) atoms. The van der Waals surface area contributed by atoms with Gasteiger partial charge < -0.3 is 29.0 Å². The number of hydrogen-bond donors (Lipinski definition) is 1. The van der Waals surface area contributed by atoms with Gasteiger partial charge >= 0.3 is 0 Å². The van der Waals surface area contributed by atoms with Crippen LogP contribution in [0, 0.1) is 0 Å². The van der Waals surface area contributed by atoms with E-state index in [9.17, 15) is 4.79 Å². The Morgan fingerprint density at radius 3 is 2.34 bits per heavy atom. The molecule has 1 aliphatic rings. The Balaban J connectivity index is 1.43. The molecule has 8 heteroatoms. The van der Waals surface area contributed by atoms with Crippen molar-refractivity contribution >= 4 is 16.7 Å². The van der Waals surface area contributed by atoms with E-state index < -0.39 is 0 Å². The third-order valence-corrected chi connectivity index (χ3v) is 7.53. The highest BCUT2D eigenvalue weighted by Gasteiger charge is 2.30. The van der Waals surface area contributed by atoms with E-state index in [1.54, 1.807) is 28.4 Å². The fourth-order valence-corrected chi connectivity index (χ4v) is 5.43. The van der Waals surface area contributed by atoms with E-state index >= 15 is 0 Å². The van der Waals surface area contributed by atoms with E-state index in [0.29, 0.717) is 54.9 Å². The lowest BCUT2D eigenvalue weighted by Crippen LogP contribution is -2.40. The third kappa shape index (κ3) is 6.18. The van der Waals surface area contributed by atoms with Gasteiger partial charge in [-0.2, -0.15) is 0 Å². The maximum atomic E-state index is 13.4. The largest absolute Gasteiger partial charge is 0.493 e. The van der Waals surface area contributed by atoms with Crippen molar-refractivity contribution in [3.63, 3.8) is 0 Å². The zero-order valence-corrected chi connectivity index (χ0v) is 23.9. The number of benzene rings is 4. The SMILES string of the molecule is COc1ccc(CC2c3cc(OC)c(OC)cc3OCCN2CC(=O)NCc2cccc3ccccc23)cc1OC. The molecule has 1 aliphatic heterocycles. The Morgan fingerprint density at radius 1 is 0.854 bits per heavy atom. The van der Waals surface area contributed by atoms with Gasteiger partial charge in [0.05, 0.1) is 35.0 Å². The van der Waals surface area contributed by atoms with E-state index in [1.165, 1.54) is 0 Å². The van der Waals surface area contributed by atoms with Crippen LogP contribution in [-0.4, -0.2) is 58.9 Å². The van der Waals surface area contributed by atoms with Crippen molar-refractivity contribution in [1.82, 2.24) is 10.2 Å². The van der Waals surface area contributed by atoms with Crippen LogP contribution in [0.3, 0.4) is 0 Å². The normalized spacial score (nSPS) is 14.9. The van der Waals surface area contributed by atoms with Gasteiger partial charge in [-0.3, -0.25) is 9.69 Å². The van der Waals surface area contributed by atoms with Crippen molar-refractivity contribution < 1.29 is 28.5 Å². The van der Waals surface area contributed by atoms with Crippen molar-refractivity contribution in [3.05, 3.63) is 89.5 Å². The van der Waals surface area contributed by atoms with Crippen LogP contribution >= 0.6 is 0 Å². The lowest BCUT2D eigenvalue weighted by molar-refractivity contribution is -0.123. The standard InChI is InChI=1S/C33H36N2O6/c1-37-28-13-12-22(17-30(28)38-2)16-27-26-18-31(39-3)32(40-4)19-29(26)41-15-14-35(27)21-33(36)34-20-24-10-7-9-23-8-5-6-11-25(23)24/h5-13,17-19,27H,14-16,20-21H2,1-4H3,(H,34,36). The number of ether oxygens (including phenoxy) is 5. The summed E-state index contributed by atoms with van der Waals surface area (Å²) in [5, 5.41) is 5.43. The van der Waals surface area contributed by atoms with Gasteiger partial charge in [-0.15, -0.1) is 0 Å². The van der Waals surface area contributed by atoms with Gasteiger partial charge in [0.15, 0.2) is 23.0 Å². The molecule has 5 rings (SSSR count). The average Bonchev–Trinajstić information content (AvgIpc) is 3.17. The average molecular weight is 557 g/mol. The monoisotopic (exact) mass is 556 g/mol. The second kappa shape index (κ2) is 12.8. The van der Waals surface area contributed by atoms with Gasteiger partial charge in [-0.25, -0.2) is 0 Å². The molecule has 214 valence electrons. The van der Waals surface area contributed by atoms with Crippen LogP contribution in [-0.2, 0) is 17.8 Å². The minimum atomic E-state index is -0.172. The van der Waals surface area contributed by atoms with Crippen molar-refractivity contribution in [2.24, 2.45) is 0 Å². The van der Waals surface area contributed by atoms with Crippen LogP contribution in [0.2, 0.25) is 0 Å². The molecule has 0 saturated heterocycles. The number of carbonyl (C=O) groups is 1. The van der Waals surface area contributed by atoms with Crippen LogP contribution in [0.4, 0.5) is 0 Å². The molecule has 4 aromatic carbocycles. The Morgan fingerprint density at radius 2 is 1.56 bits per heavy atom. The summed E-state index contributed by atoms with van der Waals surface area (Å²) >= 11 is 0. The van der Waals surface area contributed by atoms with Crippen LogP contribution in [0.15, 0.2) is 72.8 Å². The Kier molecular flexibility index (Phi) is 8.79. The molecule has 0 aromatic heterocycles.